The minimum Gasteiger partial charge on any atom is -0.489 e. The summed E-state index contributed by atoms with van der Waals surface area (Å²) in [5, 5.41) is 0. The molecule has 3 rings (SSSR count). The summed E-state index contributed by atoms with van der Waals surface area (Å²) >= 11 is 0. The van der Waals surface area contributed by atoms with Crippen molar-refractivity contribution in [3.63, 3.8) is 0 Å². The van der Waals surface area contributed by atoms with Crippen molar-refractivity contribution in [3.05, 3.63) is 107 Å². The lowest BCUT2D eigenvalue weighted by Crippen LogP contribution is -1.95. The minimum atomic E-state index is 0.00435. The fraction of sp³-hybridized carbons (Fsp3) is 0.125. The van der Waals surface area contributed by atoms with Gasteiger partial charge in [0.05, 0.1) is 0 Å². The van der Waals surface area contributed by atoms with Gasteiger partial charge in [0.15, 0.2) is 5.78 Å². The Hall–Kier alpha value is -3.13. The molecule has 0 spiro atoms. The third-order valence-corrected chi connectivity index (χ3v) is 4.17. The predicted octanol–water partition coefficient (Wildman–Crippen LogP) is 5.78. The summed E-state index contributed by atoms with van der Waals surface area (Å²) in [5.41, 5.74) is 5.19. The van der Waals surface area contributed by atoms with Crippen LogP contribution in [0.5, 0.6) is 5.75 Å². The maximum Gasteiger partial charge on any atom is 0.185 e. The van der Waals surface area contributed by atoms with Crippen LogP contribution in [0.2, 0.25) is 0 Å². The van der Waals surface area contributed by atoms with Crippen LogP contribution in [0.15, 0.2) is 78.9 Å². The van der Waals surface area contributed by atoms with Gasteiger partial charge in [0, 0.05) is 5.56 Å². The number of aryl methyl sites for hydroxylation is 2. The van der Waals surface area contributed by atoms with Gasteiger partial charge >= 0.3 is 0 Å². The first kappa shape index (κ1) is 17.7. The van der Waals surface area contributed by atoms with E-state index in [2.05, 4.69) is 31.2 Å². The van der Waals surface area contributed by atoms with E-state index in [1.165, 1.54) is 5.56 Å². The summed E-state index contributed by atoms with van der Waals surface area (Å²) in [5.74, 6) is 0.817. The Morgan fingerprint density at radius 3 is 2.00 bits per heavy atom. The summed E-state index contributed by atoms with van der Waals surface area (Å²) in [6.45, 7) is 4.62. The summed E-state index contributed by atoms with van der Waals surface area (Å²) in [7, 11) is 0. The van der Waals surface area contributed by atoms with Crippen LogP contribution < -0.4 is 4.74 Å². The molecule has 0 N–H and O–H groups in total. The highest BCUT2D eigenvalue weighted by atomic mass is 16.5. The Morgan fingerprint density at radius 1 is 0.808 bits per heavy atom. The zero-order chi connectivity index (χ0) is 18.4. The van der Waals surface area contributed by atoms with Crippen LogP contribution in [-0.4, -0.2) is 5.78 Å². The van der Waals surface area contributed by atoms with Crippen molar-refractivity contribution in [2.75, 3.05) is 0 Å². The maximum absolute atomic E-state index is 12.2. The Labute approximate surface area is 154 Å². The molecule has 0 saturated heterocycles. The average Bonchev–Trinajstić information content (AvgIpc) is 2.67. The largest absolute Gasteiger partial charge is 0.489 e. The molecule has 3 aromatic carbocycles. The van der Waals surface area contributed by atoms with Gasteiger partial charge in [-0.15, -0.1) is 0 Å². The molecule has 2 heteroatoms. The second-order valence-corrected chi connectivity index (χ2v) is 6.41. The molecule has 0 aliphatic heterocycles. The van der Waals surface area contributed by atoms with E-state index >= 15 is 0 Å². The van der Waals surface area contributed by atoms with Crippen molar-refractivity contribution in [2.45, 2.75) is 20.5 Å². The molecule has 130 valence electrons. The van der Waals surface area contributed by atoms with Crippen molar-refractivity contribution in [1.82, 2.24) is 0 Å². The monoisotopic (exact) mass is 342 g/mol. The lowest BCUT2D eigenvalue weighted by Gasteiger charge is -2.07. The molecular weight excluding hydrogens is 320 g/mol. The molecule has 0 amide bonds. The Kier molecular flexibility index (Phi) is 5.65. The normalized spacial score (nSPS) is 10.8. The van der Waals surface area contributed by atoms with E-state index in [-0.39, 0.29) is 5.78 Å². The van der Waals surface area contributed by atoms with Crippen LogP contribution in [0.4, 0.5) is 0 Å². The summed E-state index contributed by atoms with van der Waals surface area (Å²) < 4.78 is 5.80. The van der Waals surface area contributed by atoms with E-state index in [1.807, 2.05) is 61.5 Å². The number of hydrogen-bond donors (Lipinski definition) is 0. The van der Waals surface area contributed by atoms with Crippen LogP contribution >= 0.6 is 0 Å². The highest BCUT2D eigenvalue weighted by molar-refractivity contribution is 6.06. The van der Waals surface area contributed by atoms with Crippen LogP contribution in [0.1, 0.15) is 32.6 Å². The van der Waals surface area contributed by atoms with Gasteiger partial charge in [0.25, 0.3) is 0 Å². The second-order valence-electron chi connectivity index (χ2n) is 6.41. The summed E-state index contributed by atoms with van der Waals surface area (Å²) in [4.78, 5) is 12.2. The molecule has 0 atom stereocenters. The third kappa shape index (κ3) is 4.93. The molecule has 26 heavy (non-hydrogen) atoms. The first-order valence-electron chi connectivity index (χ1n) is 8.68. The van der Waals surface area contributed by atoms with Gasteiger partial charge in [-0.1, -0.05) is 77.9 Å². The van der Waals surface area contributed by atoms with Crippen LogP contribution in [0.25, 0.3) is 6.08 Å². The molecule has 0 heterocycles. The molecule has 0 bridgehead atoms. The average molecular weight is 342 g/mol. The Balaban J connectivity index is 1.57. The molecule has 0 radical (unpaired) electrons. The quantitative estimate of drug-likeness (QED) is 0.419. The Bertz CT molecular complexity index is 886. The standard InChI is InChI=1S/C24H22O2/c1-18-3-7-21(8-4-18)17-26-23-14-9-20(10-15-23)11-16-24(25)22-12-5-19(2)6-13-22/h3-16H,17H2,1-2H3/b16-11+. The van der Waals surface area contributed by atoms with Crippen LogP contribution in [0.3, 0.4) is 0 Å². The molecule has 0 aromatic heterocycles. The SMILES string of the molecule is Cc1ccc(COc2ccc(/C=C/C(=O)c3ccc(C)cc3)cc2)cc1. The number of hydrogen-bond acceptors (Lipinski definition) is 2. The zero-order valence-electron chi connectivity index (χ0n) is 15.1. The third-order valence-electron chi connectivity index (χ3n) is 4.17. The Morgan fingerprint density at radius 2 is 1.38 bits per heavy atom. The number of allylic oxidation sites excluding steroid dienone is 1. The molecule has 0 saturated carbocycles. The van der Waals surface area contributed by atoms with Crippen molar-refractivity contribution in [2.24, 2.45) is 0 Å². The van der Waals surface area contributed by atoms with E-state index in [4.69, 9.17) is 4.74 Å². The van der Waals surface area contributed by atoms with Gasteiger partial charge in [0.1, 0.15) is 12.4 Å². The van der Waals surface area contributed by atoms with Gasteiger partial charge < -0.3 is 4.74 Å². The zero-order valence-corrected chi connectivity index (χ0v) is 15.1. The van der Waals surface area contributed by atoms with Gasteiger partial charge in [-0.05, 0) is 43.2 Å². The fourth-order valence-corrected chi connectivity index (χ4v) is 2.51. The lowest BCUT2D eigenvalue weighted by molar-refractivity contribution is 0.104. The molecule has 0 fully saturated rings. The van der Waals surface area contributed by atoms with Crippen molar-refractivity contribution >= 4 is 11.9 Å². The van der Waals surface area contributed by atoms with E-state index in [0.29, 0.717) is 12.2 Å². The van der Waals surface area contributed by atoms with E-state index < -0.39 is 0 Å². The summed E-state index contributed by atoms with van der Waals surface area (Å²) in [6, 6.07) is 23.6. The van der Waals surface area contributed by atoms with Crippen LogP contribution in [0, 0.1) is 13.8 Å². The number of benzene rings is 3. The molecule has 0 aliphatic rings. The smallest absolute Gasteiger partial charge is 0.185 e. The van der Waals surface area contributed by atoms with Crippen molar-refractivity contribution in [1.29, 1.82) is 0 Å². The maximum atomic E-state index is 12.2. The van der Waals surface area contributed by atoms with Gasteiger partial charge in [-0.3, -0.25) is 4.79 Å². The van der Waals surface area contributed by atoms with Crippen molar-refractivity contribution < 1.29 is 9.53 Å². The summed E-state index contributed by atoms with van der Waals surface area (Å²) in [6.07, 6.45) is 3.43. The van der Waals surface area contributed by atoms with Gasteiger partial charge in [-0.25, -0.2) is 0 Å². The highest BCUT2D eigenvalue weighted by Gasteiger charge is 2.01. The lowest BCUT2D eigenvalue weighted by atomic mass is 10.1. The second kappa shape index (κ2) is 8.30. The van der Waals surface area contributed by atoms with E-state index in [0.717, 1.165) is 22.4 Å². The molecule has 3 aromatic rings. The highest BCUT2D eigenvalue weighted by Crippen LogP contribution is 2.16. The van der Waals surface area contributed by atoms with E-state index in [1.54, 1.807) is 6.08 Å². The van der Waals surface area contributed by atoms with Gasteiger partial charge in [-0.2, -0.15) is 0 Å². The van der Waals surface area contributed by atoms with Crippen LogP contribution in [-0.2, 0) is 6.61 Å². The minimum absolute atomic E-state index is 0.00435. The molecule has 2 nitrogen and oxygen atoms in total. The molecule has 0 unspecified atom stereocenters. The van der Waals surface area contributed by atoms with Crippen molar-refractivity contribution in [3.8, 4) is 5.75 Å². The number of rotatable bonds is 6. The predicted molar refractivity (Wildman–Crippen MR) is 106 cm³/mol. The topological polar surface area (TPSA) is 26.3 Å². The molecular formula is C24H22O2. The first-order chi connectivity index (χ1) is 12.6. The first-order valence-corrected chi connectivity index (χ1v) is 8.68. The van der Waals surface area contributed by atoms with E-state index in [9.17, 15) is 4.79 Å². The number of carbonyl (C=O) groups is 1. The fourth-order valence-electron chi connectivity index (χ4n) is 2.51. The molecule has 0 aliphatic carbocycles. The number of ether oxygens (including phenoxy) is 1. The number of carbonyl (C=O) groups excluding carboxylic acids is 1. The number of ketones is 1. The van der Waals surface area contributed by atoms with Gasteiger partial charge in [0.2, 0.25) is 0 Å².